The Balaban J connectivity index is 2.14. The summed E-state index contributed by atoms with van der Waals surface area (Å²) >= 11 is 0. The van der Waals surface area contributed by atoms with Crippen molar-refractivity contribution in [2.75, 3.05) is 13.2 Å². The van der Waals surface area contributed by atoms with E-state index in [1.807, 2.05) is 0 Å². The van der Waals surface area contributed by atoms with Crippen LogP contribution in [0.3, 0.4) is 0 Å². The molecular formula is C10H10FNO2. The summed E-state index contributed by atoms with van der Waals surface area (Å²) in [6.45, 7) is 0.551. The zero-order valence-electron chi connectivity index (χ0n) is 7.50. The number of carbonyl (C=O) groups is 1. The average Bonchev–Trinajstić information content (AvgIpc) is 2.19. The number of halogens is 1. The number of hydrogen-bond acceptors (Lipinski definition) is 2. The predicted octanol–water partition coefficient (Wildman–Crippen LogP) is 1.01. The van der Waals surface area contributed by atoms with Gasteiger partial charge in [0.15, 0.2) is 0 Å². The van der Waals surface area contributed by atoms with Crippen molar-refractivity contribution in [1.29, 1.82) is 0 Å². The van der Waals surface area contributed by atoms with Gasteiger partial charge in [0.05, 0.1) is 12.6 Å². The number of nitrogens with one attached hydrogen (secondary N) is 1. The number of carbonyl (C=O) groups excluding carboxylic acids is 1. The Morgan fingerprint density at radius 1 is 1.36 bits per heavy atom. The van der Waals surface area contributed by atoms with Crippen molar-refractivity contribution in [1.82, 2.24) is 5.32 Å². The van der Waals surface area contributed by atoms with Crippen LogP contribution in [0.2, 0.25) is 0 Å². The maximum absolute atomic E-state index is 12.6. The quantitative estimate of drug-likeness (QED) is 0.726. The van der Waals surface area contributed by atoms with E-state index < -0.39 is 0 Å². The van der Waals surface area contributed by atoms with Gasteiger partial charge in [-0.15, -0.1) is 0 Å². The van der Waals surface area contributed by atoms with Crippen molar-refractivity contribution in [3.63, 3.8) is 0 Å². The molecule has 74 valence electrons. The molecule has 1 aliphatic rings. The molecule has 1 aromatic rings. The highest BCUT2D eigenvalue weighted by atomic mass is 19.1. The van der Waals surface area contributed by atoms with Crippen LogP contribution in [0.4, 0.5) is 4.39 Å². The third-order valence-electron chi connectivity index (χ3n) is 2.13. The molecule has 1 heterocycles. The molecule has 1 fully saturated rings. The van der Waals surface area contributed by atoms with Gasteiger partial charge in [0.2, 0.25) is 5.91 Å². The minimum atomic E-state index is -0.281. The van der Waals surface area contributed by atoms with Crippen LogP contribution < -0.4 is 5.32 Å². The molecule has 14 heavy (non-hydrogen) atoms. The van der Waals surface area contributed by atoms with Crippen LogP contribution in [-0.2, 0) is 9.53 Å². The van der Waals surface area contributed by atoms with Crippen molar-refractivity contribution >= 4 is 5.91 Å². The minimum absolute atomic E-state index is 0.109. The third-order valence-corrected chi connectivity index (χ3v) is 2.13. The Labute approximate surface area is 80.9 Å². The van der Waals surface area contributed by atoms with E-state index in [-0.39, 0.29) is 24.4 Å². The van der Waals surface area contributed by atoms with Gasteiger partial charge in [0, 0.05) is 0 Å². The summed E-state index contributed by atoms with van der Waals surface area (Å²) in [4.78, 5) is 11.0. The first-order valence-electron chi connectivity index (χ1n) is 4.38. The highest BCUT2D eigenvalue weighted by Gasteiger charge is 2.19. The molecule has 0 radical (unpaired) electrons. The fourth-order valence-corrected chi connectivity index (χ4v) is 1.42. The molecule has 2 rings (SSSR count). The SMILES string of the molecule is O=C1COC[C@H](c2ccc(F)cc2)N1. The van der Waals surface area contributed by atoms with E-state index in [9.17, 15) is 9.18 Å². The van der Waals surface area contributed by atoms with E-state index in [0.717, 1.165) is 5.56 Å². The second-order valence-corrected chi connectivity index (χ2v) is 3.19. The Bertz CT molecular complexity index is 336. The van der Waals surface area contributed by atoms with Gasteiger partial charge in [0.1, 0.15) is 12.4 Å². The van der Waals surface area contributed by atoms with Crippen LogP contribution in [0.5, 0.6) is 0 Å². The lowest BCUT2D eigenvalue weighted by molar-refractivity contribution is -0.131. The fraction of sp³-hybridized carbons (Fsp3) is 0.300. The summed E-state index contributed by atoms with van der Waals surface area (Å²) in [5.74, 6) is -0.414. The largest absolute Gasteiger partial charge is 0.369 e. The van der Waals surface area contributed by atoms with Gasteiger partial charge in [-0.25, -0.2) is 4.39 Å². The summed E-state index contributed by atoms with van der Waals surface area (Å²) in [5, 5.41) is 2.77. The van der Waals surface area contributed by atoms with E-state index in [4.69, 9.17) is 4.74 Å². The molecule has 1 amide bonds. The van der Waals surface area contributed by atoms with E-state index in [1.165, 1.54) is 12.1 Å². The zero-order chi connectivity index (χ0) is 9.97. The molecule has 3 nitrogen and oxygen atoms in total. The molecule has 0 aromatic heterocycles. The van der Waals surface area contributed by atoms with Crippen molar-refractivity contribution in [3.05, 3.63) is 35.6 Å². The predicted molar refractivity (Wildman–Crippen MR) is 48.1 cm³/mol. The Hall–Kier alpha value is -1.42. The zero-order valence-corrected chi connectivity index (χ0v) is 7.50. The first-order chi connectivity index (χ1) is 6.75. The fourth-order valence-electron chi connectivity index (χ4n) is 1.42. The number of benzene rings is 1. The van der Waals surface area contributed by atoms with Crippen LogP contribution in [-0.4, -0.2) is 19.1 Å². The number of rotatable bonds is 1. The van der Waals surface area contributed by atoms with Gasteiger partial charge in [0.25, 0.3) is 0 Å². The highest BCUT2D eigenvalue weighted by Crippen LogP contribution is 2.16. The summed E-state index contributed by atoms with van der Waals surface area (Å²) in [5.41, 5.74) is 0.861. The van der Waals surface area contributed by atoms with E-state index in [1.54, 1.807) is 12.1 Å². The highest BCUT2D eigenvalue weighted by molar-refractivity contribution is 5.78. The maximum Gasteiger partial charge on any atom is 0.246 e. The topological polar surface area (TPSA) is 38.3 Å². The van der Waals surface area contributed by atoms with Gasteiger partial charge >= 0.3 is 0 Å². The van der Waals surface area contributed by atoms with Gasteiger partial charge in [-0.3, -0.25) is 4.79 Å². The third kappa shape index (κ3) is 1.90. The van der Waals surface area contributed by atoms with Crippen LogP contribution in [0.25, 0.3) is 0 Å². The first kappa shape index (κ1) is 9.15. The number of hydrogen-bond donors (Lipinski definition) is 1. The van der Waals surface area contributed by atoms with Crippen LogP contribution in [0, 0.1) is 5.82 Å². The maximum atomic E-state index is 12.6. The van der Waals surface area contributed by atoms with Crippen LogP contribution in [0.15, 0.2) is 24.3 Å². The number of ether oxygens (including phenoxy) is 1. The van der Waals surface area contributed by atoms with Gasteiger partial charge in [-0.1, -0.05) is 12.1 Å². The molecule has 1 atom stereocenters. The summed E-state index contributed by atoms with van der Waals surface area (Å²) in [7, 11) is 0. The minimum Gasteiger partial charge on any atom is -0.369 e. The second-order valence-electron chi connectivity index (χ2n) is 3.19. The number of morpholine rings is 1. The van der Waals surface area contributed by atoms with Crippen LogP contribution in [0.1, 0.15) is 11.6 Å². The van der Waals surface area contributed by atoms with Crippen molar-refractivity contribution in [2.45, 2.75) is 6.04 Å². The van der Waals surface area contributed by atoms with Gasteiger partial charge in [-0.05, 0) is 17.7 Å². The molecule has 1 saturated heterocycles. The summed E-state index contributed by atoms with van der Waals surface area (Å²) in [6, 6.07) is 5.88. The first-order valence-corrected chi connectivity index (χ1v) is 4.38. The molecule has 0 unspecified atom stereocenters. The smallest absolute Gasteiger partial charge is 0.246 e. The lowest BCUT2D eigenvalue weighted by Gasteiger charge is -2.23. The standard InChI is InChI=1S/C10H10FNO2/c11-8-3-1-7(2-4-8)9-5-14-6-10(13)12-9/h1-4,9H,5-6H2,(H,12,13)/t9-/m1/s1. The van der Waals surface area contributed by atoms with Crippen LogP contribution >= 0.6 is 0 Å². The van der Waals surface area contributed by atoms with E-state index in [0.29, 0.717) is 6.61 Å². The average molecular weight is 195 g/mol. The van der Waals surface area contributed by atoms with Crippen molar-refractivity contribution < 1.29 is 13.9 Å². The normalized spacial score (nSPS) is 21.8. The molecule has 0 saturated carbocycles. The number of amides is 1. The lowest BCUT2D eigenvalue weighted by Crippen LogP contribution is -2.39. The van der Waals surface area contributed by atoms with E-state index in [2.05, 4.69) is 5.32 Å². The molecule has 4 heteroatoms. The monoisotopic (exact) mass is 195 g/mol. The van der Waals surface area contributed by atoms with E-state index >= 15 is 0 Å². The Morgan fingerprint density at radius 2 is 2.07 bits per heavy atom. The van der Waals surface area contributed by atoms with Gasteiger partial charge < -0.3 is 10.1 Å². The molecule has 0 bridgehead atoms. The second kappa shape index (κ2) is 3.75. The van der Waals surface area contributed by atoms with Crippen molar-refractivity contribution in [2.24, 2.45) is 0 Å². The van der Waals surface area contributed by atoms with Gasteiger partial charge in [-0.2, -0.15) is 0 Å². The molecule has 0 spiro atoms. The molecule has 1 aromatic carbocycles. The van der Waals surface area contributed by atoms with Crippen molar-refractivity contribution in [3.8, 4) is 0 Å². The summed E-state index contributed by atoms with van der Waals surface area (Å²) < 4.78 is 17.7. The molecular weight excluding hydrogens is 185 g/mol. The molecule has 1 N–H and O–H groups in total. The Morgan fingerprint density at radius 3 is 2.71 bits per heavy atom. The molecule has 1 aliphatic heterocycles. The Kier molecular flexibility index (Phi) is 2.45. The molecule has 0 aliphatic carbocycles. The summed E-state index contributed by atoms with van der Waals surface area (Å²) in [6.07, 6.45) is 0. The lowest BCUT2D eigenvalue weighted by atomic mass is 10.1.